The molecule has 112 valence electrons. The van der Waals surface area contributed by atoms with Crippen molar-refractivity contribution in [3.63, 3.8) is 0 Å². The Morgan fingerprint density at radius 1 is 1.26 bits per heavy atom. The smallest absolute Gasteiger partial charge is 0.137 e. The van der Waals surface area contributed by atoms with Crippen molar-refractivity contribution in [2.75, 3.05) is 26.2 Å². The lowest BCUT2D eigenvalue weighted by Gasteiger charge is -2.34. The molecule has 0 saturated carbocycles. The third-order valence-corrected chi connectivity index (χ3v) is 3.42. The SMILES string of the molecule is CCCN(CCn1cncn1)C1CCNCC1.Cl.Cl. The summed E-state index contributed by atoms with van der Waals surface area (Å²) in [5, 5.41) is 7.59. The summed E-state index contributed by atoms with van der Waals surface area (Å²) in [5.74, 6) is 0. The summed E-state index contributed by atoms with van der Waals surface area (Å²) < 4.78 is 1.92. The summed E-state index contributed by atoms with van der Waals surface area (Å²) >= 11 is 0. The lowest BCUT2D eigenvalue weighted by atomic mass is 10.0. The van der Waals surface area contributed by atoms with Crippen LogP contribution in [0, 0.1) is 0 Å². The van der Waals surface area contributed by atoms with Crippen LogP contribution in [0.4, 0.5) is 0 Å². The minimum Gasteiger partial charge on any atom is -0.317 e. The monoisotopic (exact) mass is 309 g/mol. The molecule has 0 amide bonds. The molecule has 1 saturated heterocycles. The molecule has 1 aliphatic heterocycles. The topological polar surface area (TPSA) is 46.0 Å². The first kappa shape index (κ1) is 18.6. The Morgan fingerprint density at radius 2 is 2.00 bits per heavy atom. The highest BCUT2D eigenvalue weighted by molar-refractivity contribution is 5.85. The Morgan fingerprint density at radius 3 is 2.58 bits per heavy atom. The van der Waals surface area contributed by atoms with Crippen LogP contribution in [-0.4, -0.2) is 51.9 Å². The van der Waals surface area contributed by atoms with Gasteiger partial charge in [-0.15, -0.1) is 24.8 Å². The normalized spacial score (nSPS) is 15.9. The van der Waals surface area contributed by atoms with E-state index < -0.39 is 0 Å². The molecule has 0 bridgehead atoms. The van der Waals surface area contributed by atoms with Crippen molar-refractivity contribution in [3.05, 3.63) is 12.7 Å². The molecule has 1 aromatic heterocycles. The van der Waals surface area contributed by atoms with Crippen LogP contribution in [0.2, 0.25) is 0 Å². The van der Waals surface area contributed by atoms with Gasteiger partial charge in [-0.1, -0.05) is 6.92 Å². The molecule has 0 aromatic carbocycles. The third-order valence-electron chi connectivity index (χ3n) is 3.42. The van der Waals surface area contributed by atoms with Crippen LogP contribution in [-0.2, 0) is 6.54 Å². The van der Waals surface area contributed by atoms with Gasteiger partial charge in [0.25, 0.3) is 0 Å². The van der Waals surface area contributed by atoms with Crippen molar-refractivity contribution in [2.45, 2.75) is 38.8 Å². The summed E-state index contributed by atoms with van der Waals surface area (Å²) in [7, 11) is 0. The van der Waals surface area contributed by atoms with Gasteiger partial charge in [-0.25, -0.2) is 4.98 Å². The molecule has 0 radical (unpaired) electrons. The van der Waals surface area contributed by atoms with Gasteiger partial charge in [0.15, 0.2) is 0 Å². The van der Waals surface area contributed by atoms with Gasteiger partial charge in [-0.3, -0.25) is 9.58 Å². The molecule has 0 atom stereocenters. The van der Waals surface area contributed by atoms with Gasteiger partial charge in [-0.2, -0.15) is 5.10 Å². The molecular formula is C12H25Cl2N5. The van der Waals surface area contributed by atoms with Crippen LogP contribution in [0.15, 0.2) is 12.7 Å². The number of nitrogens with one attached hydrogen (secondary N) is 1. The van der Waals surface area contributed by atoms with Crippen LogP contribution in [0.3, 0.4) is 0 Å². The maximum Gasteiger partial charge on any atom is 0.137 e. The molecule has 0 aliphatic carbocycles. The van der Waals surface area contributed by atoms with Crippen molar-refractivity contribution in [1.29, 1.82) is 0 Å². The van der Waals surface area contributed by atoms with E-state index in [0.29, 0.717) is 0 Å². The maximum absolute atomic E-state index is 4.16. The minimum absolute atomic E-state index is 0. The number of hydrogen-bond donors (Lipinski definition) is 1. The molecule has 5 nitrogen and oxygen atoms in total. The summed E-state index contributed by atoms with van der Waals surface area (Å²) in [5.41, 5.74) is 0. The van der Waals surface area contributed by atoms with E-state index >= 15 is 0 Å². The fraction of sp³-hybridized carbons (Fsp3) is 0.833. The minimum atomic E-state index is 0. The third kappa shape index (κ3) is 6.08. The Balaban J connectivity index is 0.00000162. The van der Waals surface area contributed by atoms with Crippen LogP contribution >= 0.6 is 24.8 Å². The van der Waals surface area contributed by atoms with Crippen LogP contribution in [0.5, 0.6) is 0 Å². The quantitative estimate of drug-likeness (QED) is 0.867. The average molecular weight is 310 g/mol. The zero-order valence-electron chi connectivity index (χ0n) is 11.5. The molecule has 2 rings (SSSR count). The van der Waals surface area contributed by atoms with E-state index in [4.69, 9.17) is 0 Å². The Kier molecular flexibility index (Phi) is 10.2. The standard InChI is InChI=1S/C12H23N5.2ClH/c1-2-7-16(12-3-5-13-6-4-12)8-9-17-11-14-10-15-17;;/h10-13H,2-9H2,1H3;2*1H. The molecule has 0 spiro atoms. The van der Waals surface area contributed by atoms with E-state index in [1.807, 2.05) is 4.68 Å². The second-order valence-electron chi connectivity index (χ2n) is 4.68. The van der Waals surface area contributed by atoms with Gasteiger partial charge in [0.2, 0.25) is 0 Å². The van der Waals surface area contributed by atoms with E-state index in [0.717, 1.165) is 32.2 Å². The summed E-state index contributed by atoms with van der Waals surface area (Å²) in [4.78, 5) is 6.60. The molecule has 1 aromatic rings. The molecule has 1 N–H and O–H groups in total. The molecular weight excluding hydrogens is 285 g/mol. The lowest BCUT2D eigenvalue weighted by molar-refractivity contribution is 0.154. The van der Waals surface area contributed by atoms with E-state index in [-0.39, 0.29) is 24.8 Å². The van der Waals surface area contributed by atoms with Gasteiger partial charge in [0.1, 0.15) is 12.7 Å². The van der Waals surface area contributed by atoms with Crippen molar-refractivity contribution < 1.29 is 0 Å². The number of rotatable bonds is 6. The number of halogens is 2. The fourth-order valence-electron chi connectivity index (χ4n) is 2.52. The number of hydrogen-bond acceptors (Lipinski definition) is 4. The summed E-state index contributed by atoms with van der Waals surface area (Å²) in [6.45, 7) is 7.80. The van der Waals surface area contributed by atoms with Gasteiger partial charge < -0.3 is 5.32 Å². The first-order valence-corrected chi connectivity index (χ1v) is 6.67. The number of nitrogens with zero attached hydrogens (tertiary/aromatic N) is 4. The molecule has 2 heterocycles. The highest BCUT2D eigenvalue weighted by atomic mass is 35.5. The van der Waals surface area contributed by atoms with Crippen LogP contribution in [0.1, 0.15) is 26.2 Å². The summed E-state index contributed by atoms with van der Waals surface area (Å²) in [6, 6.07) is 0.750. The van der Waals surface area contributed by atoms with Crippen LogP contribution in [0.25, 0.3) is 0 Å². The van der Waals surface area contributed by atoms with Gasteiger partial charge in [0, 0.05) is 12.6 Å². The molecule has 1 aliphatic rings. The Bertz CT molecular complexity index is 301. The summed E-state index contributed by atoms with van der Waals surface area (Å²) in [6.07, 6.45) is 7.18. The molecule has 7 heteroatoms. The average Bonchev–Trinajstić information content (AvgIpc) is 2.88. The number of piperidine rings is 1. The molecule has 0 unspecified atom stereocenters. The van der Waals surface area contributed by atoms with E-state index in [9.17, 15) is 0 Å². The van der Waals surface area contributed by atoms with Crippen molar-refractivity contribution in [1.82, 2.24) is 25.0 Å². The second kappa shape index (κ2) is 10.4. The predicted octanol–water partition coefficient (Wildman–Crippen LogP) is 1.59. The first-order valence-electron chi connectivity index (χ1n) is 6.67. The highest BCUT2D eigenvalue weighted by Crippen LogP contribution is 2.12. The number of aromatic nitrogens is 3. The van der Waals surface area contributed by atoms with E-state index in [1.54, 1.807) is 12.7 Å². The molecule has 19 heavy (non-hydrogen) atoms. The molecule has 1 fully saturated rings. The van der Waals surface area contributed by atoms with Gasteiger partial charge >= 0.3 is 0 Å². The zero-order chi connectivity index (χ0) is 11.9. The Hall–Kier alpha value is -0.360. The largest absolute Gasteiger partial charge is 0.317 e. The van der Waals surface area contributed by atoms with E-state index in [2.05, 4.69) is 27.2 Å². The zero-order valence-corrected chi connectivity index (χ0v) is 13.1. The van der Waals surface area contributed by atoms with E-state index in [1.165, 1.54) is 25.8 Å². The Labute approximate surface area is 128 Å². The predicted molar refractivity (Wildman–Crippen MR) is 82.3 cm³/mol. The van der Waals surface area contributed by atoms with Crippen LogP contribution < -0.4 is 5.32 Å². The maximum atomic E-state index is 4.16. The van der Waals surface area contributed by atoms with Gasteiger partial charge in [-0.05, 0) is 38.9 Å². The lowest BCUT2D eigenvalue weighted by Crippen LogP contribution is -2.44. The first-order chi connectivity index (χ1) is 8.40. The second-order valence-corrected chi connectivity index (χ2v) is 4.68. The highest BCUT2D eigenvalue weighted by Gasteiger charge is 2.19. The van der Waals surface area contributed by atoms with Crippen molar-refractivity contribution in [2.24, 2.45) is 0 Å². The fourth-order valence-corrected chi connectivity index (χ4v) is 2.52. The van der Waals surface area contributed by atoms with Crippen molar-refractivity contribution >= 4 is 24.8 Å². The van der Waals surface area contributed by atoms with Crippen molar-refractivity contribution in [3.8, 4) is 0 Å². The van der Waals surface area contributed by atoms with Gasteiger partial charge in [0.05, 0.1) is 6.54 Å².